The van der Waals surface area contributed by atoms with Gasteiger partial charge in [-0.2, -0.15) is 11.8 Å². The fourth-order valence-corrected chi connectivity index (χ4v) is 3.82. The number of aromatic hydroxyl groups is 1. The number of benzene rings is 1. The molecule has 5 amide bonds. The second-order valence-electron chi connectivity index (χ2n) is 8.83. The summed E-state index contributed by atoms with van der Waals surface area (Å²) in [5.41, 5.74) is 11.1. The molecule has 16 nitrogen and oxygen atoms in total. The molecule has 0 heterocycles. The second-order valence-corrected chi connectivity index (χ2v) is 9.81. The highest BCUT2D eigenvalue weighted by Crippen LogP contribution is 2.12. The van der Waals surface area contributed by atoms with Crippen LogP contribution in [0.4, 0.5) is 0 Å². The Morgan fingerprint density at radius 1 is 0.854 bits per heavy atom. The van der Waals surface area contributed by atoms with Crippen molar-refractivity contribution in [3.05, 3.63) is 29.8 Å². The Morgan fingerprint density at radius 3 is 2.00 bits per heavy atom. The van der Waals surface area contributed by atoms with E-state index in [2.05, 4.69) is 21.3 Å². The fourth-order valence-electron chi connectivity index (χ4n) is 3.35. The number of hydrogen-bond acceptors (Lipinski definition) is 10. The third kappa shape index (κ3) is 13.5. The maximum absolute atomic E-state index is 12.9. The highest BCUT2D eigenvalue weighted by molar-refractivity contribution is 7.98. The number of phenolic OH excluding ortho intramolecular Hbond substituents is 1. The van der Waals surface area contributed by atoms with E-state index < -0.39 is 85.0 Å². The van der Waals surface area contributed by atoms with E-state index in [9.17, 15) is 43.8 Å². The summed E-state index contributed by atoms with van der Waals surface area (Å²) >= 11 is 1.35. The Morgan fingerprint density at radius 2 is 1.46 bits per heavy atom. The Labute approximate surface area is 239 Å². The molecule has 0 saturated carbocycles. The normalized spacial score (nSPS) is 13.5. The maximum atomic E-state index is 12.9. The van der Waals surface area contributed by atoms with Gasteiger partial charge in [-0.25, -0.2) is 4.79 Å². The first-order chi connectivity index (χ1) is 19.2. The average molecular weight is 599 g/mol. The van der Waals surface area contributed by atoms with Gasteiger partial charge in [-0.15, -0.1) is 0 Å². The molecule has 0 aliphatic heterocycles. The van der Waals surface area contributed by atoms with Crippen LogP contribution >= 0.6 is 11.8 Å². The molecular formula is C24H34N6O10S. The molecule has 41 heavy (non-hydrogen) atoms. The van der Waals surface area contributed by atoms with Crippen molar-refractivity contribution in [3.63, 3.8) is 0 Å². The molecular weight excluding hydrogens is 564 g/mol. The minimum atomic E-state index is -1.61. The summed E-state index contributed by atoms with van der Waals surface area (Å²) in [6, 6.07) is 0.133. The molecule has 11 N–H and O–H groups in total. The van der Waals surface area contributed by atoms with Crippen LogP contribution in [0, 0.1) is 0 Å². The van der Waals surface area contributed by atoms with Crippen molar-refractivity contribution in [3.8, 4) is 5.75 Å². The zero-order valence-corrected chi connectivity index (χ0v) is 22.9. The molecule has 0 bridgehead atoms. The summed E-state index contributed by atoms with van der Waals surface area (Å²) < 4.78 is 0. The smallest absolute Gasteiger partial charge is 0.326 e. The number of carboxylic acids is 2. The minimum Gasteiger partial charge on any atom is -0.508 e. The van der Waals surface area contributed by atoms with Crippen molar-refractivity contribution in [2.45, 2.75) is 49.9 Å². The van der Waals surface area contributed by atoms with Gasteiger partial charge in [0.2, 0.25) is 29.5 Å². The molecule has 0 saturated heterocycles. The second kappa shape index (κ2) is 17.3. The number of primary amides is 1. The van der Waals surface area contributed by atoms with Gasteiger partial charge >= 0.3 is 11.9 Å². The summed E-state index contributed by atoms with van der Waals surface area (Å²) in [6.45, 7) is -0.644. The van der Waals surface area contributed by atoms with E-state index in [-0.39, 0.29) is 18.6 Å². The molecule has 0 aromatic heterocycles. The molecule has 0 spiro atoms. The lowest BCUT2D eigenvalue weighted by Crippen LogP contribution is -2.56. The average Bonchev–Trinajstić information content (AvgIpc) is 2.89. The van der Waals surface area contributed by atoms with Gasteiger partial charge < -0.3 is 48.1 Å². The number of carbonyl (C=O) groups is 7. The molecule has 1 aromatic carbocycles. The number of phenols is 1. The third-order valence-electron chi connectivity index (χ3n) is 5.45. The van der Waals surface area contributed by atoms with Crippen molar-refractivity contribution < 1.29 is 48.9 Å². The molecule has 17 heteroatoms. The standard InChI is InChI=1S/C24H34N6O10S/c1-41-7-6-15(23(38)30-17(24(39)40)10-18(26)32)28-19(33)11-27-22(37)16(8-12-2-4-13(31)5-3-12)29-21(36)14(25)9-20(34)35/h2-5,14-17,31H,6-11,25H2,1H3,(H2,26,32)(H,27,37)(H,28,33)(H,29,36)(H,30,38)(H,34,35)(H,39,40)/t14-,15-,16-,17-/m0/s1. The summed E-state index contributed by atoms with van der Waals surface area (Å²) in [6.07, 6.45) is 0.383. The molecule has 4 atom stereocenters. The summed E-state index contributed by atoms with van der Waals surface area (Å²) in [5, 5.41) is 36.8. The summed E-state index contributed by atoms with van der Waals surface area (Å²) in [4.78, 5) is 83.9. The van der Waals surface area contributed by atoms with Crippen LogP contribution in [0.15, 0.2) is 24.3 Å². The van der Waals surface area contributed by atoms with Gasteiger partial charge in [0.15, 0.2) is 0 Å². The van der Waals surface area contributed by atoms with Crippen molar-refractivity contribution >= 4 is 53.2 Å². The van der Waals surface area contributed by atoms with Crippen molar-refractivity contribution in [2.24, 2.45) is 11.5 Å². The Hall–Kier alpha value is -4.38. The van der Waals surface area contributed by atoms with Gasteiger partial charge in [-0.3, -0.25) is 28.8 Å². The lowest BCUT2D eigenvalue weighted by Gasteiger charge is -2.22. The van der Waals surface area contributed by atoms with Crippen LogP contribution in [0.5, 0.6) is 5.75 Å². The van der Waals surface area contributed by atoms with Gasteiger partial charge in [-0.1, -0.05) is 12.1 Å². The first-order valence-corrected chi connectivity index (χ1v) is 13.6. The first kappa shape index (κ1) is 34.6. The lowest BCUT2D eigenvalue weighted by molar-refractivity contribution is -0.143. The molecule has 1 aromatic rings. The molecule has 226 valence electrons. The number of amides is 5. The Kier molecular flexibility index (Phi) is 14.7. The van der Waals surface area contributed by atoms with Crippen LogP contribution in [0.3, 0.4) is 0 Å². The predicted octanol–water partition coefficient (Wildman–Crippen LogP) is -2.98. The van der Waals surface area contributed by atoms with E-state index in [1.165, 1.54) is 36.0 Å². The van der Waals surface area contributed by atoms with Gasteiger partial charge in [0.25, 0.3) is 0 Å². The summed E-state index contributed by atoms with van der Waals surface area (Å²) in [5.74, 6) is -6.87. The monoisotopic (exact) mass is 598 g/mol. The van der Waals surface area contributed by atoms with Crippen LogP contribution in [-0.2, 0) is 40.0 Å². The Bertz CT molecular complexity index is 1120. The van der Waals surface area contributed by atoms with Gasteiger partial charge in [0.05, 0.1) is 25.4 Å². The number of rotatable bonds is 18. The van der Waals surface area contributed by atoms with Gasteiger partial charge in [0.1, 0.15) is 23.9 Å². The molecule has 0 fully saturated rings. The van der Waals surface area contributed by atoms with Gasteiger partial charge in [-0.05, 0) is 36.1 Å². The van der Waals surface area contributed by atoms with Crippen LogP contribution in [0.1, 0.15) is 24.8 Å². The van der Waals surface area contributed by atoms with E-state index in [0.717, 1.165) is 0 Å². The van der Waals surface area contributed by atoms with Crippen LogP contribution in [0.25, 0.3) is 0 Å². The molecule has 0 aliphatic carbocycles. The lowest BCUT2D eigenvalue weighted by atomic mass is 10.0. The van der Waals surface area contributed by atoms with Crippen molar-refractivity contribution in [1.29, 1.82) is 0 Å². The first-order valence-electron chi connectivity index (χ1n) is 12.2. The maximum Gasteiger partial charge on any atom is 0.326 e. The number of carbonyl (C=O) groups excluding carboxylic acids is 5. The molecule has 0 radical (unpaired) electrons. The van der Waals surface area contributed by atoms with Crippen LogP contribution in [-0.4, -0.2) is 99.5 Å². The van der Waals surface area contributed by atoms with E-state index in [0.29, 0.717) is 11.3 Å². The van der Waals surface area contributed by atoms with Crippen molar-refractivity contribution in [2.75, 3.05) is 18.6 Å². The number of thioether (sulfide) groups is 1. The largest absolute Gasteiger partial charge is 0.508 e. The van der Waals surface area contributed by atoms with Gasteiger partial charge in [0, 0.05) is 6.42 Å². The molecule has 1 rings (SSSR count). The zero-order valence-electron chi connectivity index (χ0n) is 22.1. The zero-order chi connectivity index (χ0) is 31.1. The number of nitrogens with two attached hydrogens (primary N) is 2. The molecule has 0 aliphatic rings. The van der Waals surface area contributed by atoms with Crippen LogP contribution in [0.2, 0.25) is 0 Å². The minimum absolute atomic E-state index is 0.0386. The van der Waals surface area contributed by atoms with Crippen LogP contribution < -0.4 is 32.7 Å². The van der Waals surface area contributed by atoms with E-state index in [4.69, 9.17) is 16.6 Å². The molecule has 0 unspecified atom stereocenters. The Balaban J connectivity index is 2.93. The predicted molar refractivity (Wildman–Crippen MR) is 145 cm³/mol. The fraction of sp³-hybridized carbons (Fsp3) is 0.458. The van der Waals surface area contributed by atoms with E-state index in [1.807, 2.05) is 0 Å². The highest BCUT2D eigenvalue weighted by atomic mass is 32.2. The topological polar surface area (TPSA) is 280 Å². The van der Waals surface area contributed by atoms with Crippen molar-refractivity contribution in [1.82, 2.24) is 21.3 Å². The quantitative estimate of drug-likeness (QED) is 0.0818. The number of hydrogen-bond donors (Lipinski definition) is 9. The third-order valence-corrected chi connectivity index (χ3v) is 6.09. The number of nitrogens with one attached hydrogen (secondary N) is 4. The summed E-state index contributed by atoms with van der Waals surface area (Å²) in [7, 11) is 0. The SMILES string of the molecule is CSCC[C@H](NC(=O)CNC(=O)[C@H](Cc1ccc(O)cc1)NC(=O)[C@@H](N)CC(=O)O)C(=O)N[C@@H](CC(N)=O)C(=O)O. The number of carboxylic acid groups (broad SMARTS) is 2. The highest BCUT2D eigenvalue weighted by Gasteiger charge is 2.29. The van der Waals surface area contributed by atoms with E-state index in [1.54, 1.807) is 6.26 Å². The van der Waals surface area contributed by atoms with E-state index >= 15 is 0 Å². The number of aliphatic carboxylic acids is 2.